The van der Waals surface area contributed by atoms with Crippen LogP contribution >= 0.6 is 0 Å². The number of phenolic OH excluding ortho intramolecular Hbond substituents is 4. The van der Waals surface area contributed by atoms with E-state index in [-0.39, 0.29) is 41.2 Å². The van der Waals surface area contributed by atoms with Crippen LogP contribution in [0.5, 0.6) is 28.7 Å². The molecule has 290 valence electrons. The molecular formula is C33H44O19. The van der Waals surface area contributed by atoms with Crippen LogP contribution in [0.25, 0.3) is 0 Å². The molecule has 0 bridgehead atoms. The van der Waals surface area contributed by atoms with Gasteiger partial charge in [0.2, 0.25) is 0 Å². The zero-order chi connectivity index (χ0) is 37.6. The molecular weight excluding hydrogens is 700 g/mol. The van der Waals surface area contributed by atoms with Gasteiger partial charge >= 0.3 is 0 Å². The molecule has 0 aliphatic carbocycles. The van der Waals surface area contributed by atoms with Crippen LogP contribution in [0.15, 0.2) is 30.3 Å². The van der Waals surface area contributed by atoms with E-state index in [4.69, 9.17) is 33.2 Å². The Morgan fingerprint density at radius 2 is 1.33 bits per heavy atom. The molecule has 2 aromatic carbocycles. The summed E-state index contributed by atoms with van der Waals surface area (Å²) in [5.74, 6) is -1.41. The van der Waals surface area contributed by atoms with Crippen LogP contribution in [0.4, 0.5) is 0 Å². The molecule has 0 saturated carbocycles. The fourth-order valence-electron chi connectivity index (χ4n) is 6.70. The summed E-state index contributed by atoms with van der Waals surface area (Å²) in [4.78, 5) is 0. The van der Waals surface area contributed by atoms with Crippen molar-refractivity contribution in [2.24, 2.45) is 0 Å². The van der Waals surface area contributed by atoms with E-state index < -0.39 is 123 Å². The second-order valence-corrected chi connectivity index (χ2v) is 13.3. The van der Waals surface area contributed by atoms with Gasteiger partial charge in [-0.2, -0.15) is 0 Å². The molecule has 0 unspecified atom stereocenters. The maximum atomic E-state index is 10.9. The van der Waals surface area contributed by atoms with Crippen molar-refractivity contribution >= 4 is 0 Å². The summed E-state index contributed by atoms with van der Waals surface area (Å²) in [5.41, 5.74) is 0.515. The van der Waals surface area contributed by atoms with Crippen LogP contribution < -0.4 is 4.74 Å². The van der Waals surface area contributed by atoms with Crippen molar-refractivity contribution in [2.45, 2.75) is 118 Å². The second kappa shape index (κ2) is 15.7. The number of hydrogen-bond acceptors (Lipinski definition) is 19. The number of aliphatic hydroxyl groups is 8. The molecule has 12 N–H and O–H groups in total. The average Bonchev–Trinajstić information content (AvgIpc) is 3.11. The number of benzene rings is 2. The Balaban J connectivity index is 1.13. The molecule has 4 heterocycles. The van der Waals surface area contributed by atoms with Crippen LogP contribution in [0, 0.1) is 0 Å². The maximum Gasteiger partial charge on any atom is 0.187 e. The summed E-state index contributed by atoms with van der Waals surface area (Å²) in [6.07, 6.45) is -22.8. The molecule has 4 aliphatic rings. The topological polar surface area (TPSA) is 307 Å². The molecule has 3 fully saturated rings. The normalized spacial score (nSPS) is 40.9. The van der Waals surface area contributed by atoms with Gasteiger partial charge in [0.05, 0.1) is 25.4 Å². The third-order valence-electron chi connectivity index (χ3n) is 9.71. The third kappa shape index (κ3) is 7.74. The summed E-state index contributed by atoms with van der Waals surface area (Å²) in [5, 5.41) is 124. The minimum atomic E-state index is -1.83. The molecule has 52 heavy (non-hydrogen) atoms. The zero-order valence-electron chi connectivity index (χ0n) is 27.7. The molecule has 3 saturated heterocycles. The third-order valence-corrected chi connectivity index (χ3v) is 9.71. The Morgan fingerprint density at radius 3 is 2.02 bits per heavy atom. The van der Waals surface area contributed by atoms with Crippen molar-refractivity contribution in [3.8, 4) is 28.7 Å². The first kappa shape index (κ1) is 38.6. The molecule has 0 aromatic heterocycles. The maximum absolute atomic E-state index is 10.9. The molecule has 0 radical (unpaired) electrons. The number of hydrogen-bond donors (Lipinski definition) is 12. The number of ether oxygens (including phenoxy) is 7. The standard InChI is InChI=1S/C33H44O19/c1-11-24(40)26(42)28(44)32(47-11)49-20-8-18(39)31(51-22(20)9-34)46-10-23-25(41)27(43)29(45)33(52-23)50-21-7-14-16(37)5-13(35)6-19(14)48-30(21)12-2-3-15(36)17(38)4-12/h2-6,11,18,20-45H,7-10H2,1H3/t11-,18-,20-,21-,22-,23+,24+,25-,26-,27+,28-,29-,30-,31-,32+,33-/m1/s1. The molecule has 6 rings (SSSR count). The number of aromatic hydroxyl groups is 4. The van der Waals surface area contributed by atoms with Gasteiger partial charge in [0.25, 0.3) is 0 Å². The van der Waals surface area contributed by atoms with Crippen molar-refractivity contribution in [1.82, 2.24) is 0 Å². The smallest absolute Gasteiger partial charge is 0.187 e. The van der Waals surface area contributed by atoms with Crippen LogP contribution in [0.3, 0.4) is 0 Å². The quantitative estimate of drug-likeness (QED) is 0.114. The molecule has 19 heteroatoms. The second-order valence-electron chi connectivity index (χ2n) is 13.3. The molecule has 19 nitrogen and oxygen atoms in total. The van der Waals surface area contributed by atoms with E-state index in [0.717, 1.165) is 6.07 Å². The highest BCUT2D eigenvalue weighted by Crippen LogP contribution is 2.44. The Bertz CT molecular complexity index is 1530. The van der Waals surface area contributed by atoms with Crippen molar-refractivity contribution < 1.29 is 94.4 Å². The Kier molecular flexibility index (Phi) is 11.7. The minimum absolute atomic E-state index is 0.0879. The molecule has 4 aliphatic heterocycles. The van der Waals surface area contributed by atoms with E-state index >= 15 is 0 Å². The Labute approximate surface area is 295 Å². The van der Waals surface area contributed by atoms with Gasteiger partial charge in [-0.1, -0.05) is 6.07 Å². The summed E-state index contributed by atoms with van der Waals surface area (Å²) >= 11 is 0. The fourth-order valence-corrected chi connectivity index (χ4v) is 6.70. The predicted octanol–water partition coefficient (Wildman–Crippen LogP) is -2.92. The molecule has 16 atom stereocenters. The minimum Gasteiger partial charge on any atom is -0.508 e. The van der Waals surface area contributed by atoms with Crippen molar-refractivity contribution in [1.29, 1.82) is 0 Å². The Morgan fingerprint density at radius 1 is 0.673 bits per heavy atom. The van der Waals surface area contributed by atoms with Gasteiger partial charge in [-0.05, 0) is 24.6 Å². The molecule has 2 aromatic rings. The number of rotatable bonds is 9. The van der Waals surface area contributed by atoms with E-state index in [0.29, 0.717) is 0 Å². The van der Waals surface area contributed by atoms with Crippen LogP contribution in [-0.4, -0.2) is 167 Å². The zero-order valence-corrected chi connectivity index (χ0v) is 27.7. The lowest BCUT2D eigenvalue weighted by Gasteiger charge is -2.45. The fraction of sp³-hybridized carbons (Fsp3) is 0.636. The lowest BCUT2D eigenvalue weighted by atomic mass is 9.93. The van der Waals surface area contributed by atoms with Gasteiger partial charge in [0.15, 0.2) is 36.5 Å². The van der Waals surface area contributed by atoms with E-state index in [1.165, 1.54) is 31.2 Å². The van der Waals surface area contributed by atoms with Crippen molar-refractivity contribution in [3.63, 3.8) is 0 Å². The van der Waals surface area contributed by atoms with Gasteiger partial charge < -0.3 is 94.4 Å². The SMILES string of the molecule is C[C@H]1O[C@@H](O[C@@H]2C[C@@H](O)[C@H](OC[C@@H]3O[C@@H](O[C@@H]4Cc5c(O)cc(O)cc5O[C@@H]4c4ccc(O)c(O)c4)[C@H](O)[C@@H](O)[C@@H]3O)O[C@@H]2CO)[C@H](O)[C@H](O)[C@H]1O. The molecule has 0 spiro atoms. The van der Waals surface area contributed by atoms with Gasteiger partial charge in [-0.3, -0.25) is 0 Å². The summed E-state index contributed by atoms with van der Waals surface area (Å²) in [6, 6.07) is 6.20. The first-order valence-electron chi connectivity index (χ1n) is 16.7. The van der Waals surface area contributed by atoms with Gasteiger partial charge in [0.1, 0.15) is 78.3 Å². The van der Waals surface area contributed by atoms with E-state index in [9.17, 15) is 61.3 Å². The first-order chi connectivity index (χ1) is 24.7. The van der Waals surface area contributed by atoms with E-state index in [2.05, 4.69) is 0 Å². The van der Waals surface area contributed by atoms with Crippen LogP contribution in [0.1, 0.15) is 30.6 Å². The first-order valence-corrected chi connectivity index (χ1v) is 16.7. The number of fused-ring (bicyclic) bond motifs is 1. The van der Waals surface area contributed by atoms with Gasteiger partial charge in [-0.15, -0.1) is 0 Å². The highest BCUT2D eigenvalue weighted by molar-refractivity contribution is 5.52. The Hall–Kier alpha value is -3.12. The van der Waals surface area contributed by atoms with Crippen LogP contribution in [-0.2, 0) is 34.8 Å². The average molecular weight is 745 g/mol. The lowest BCUT2D eigenvalue weighted by molar-refractivity contribution is -0.348. The van der Waals surface area contributed by atoms with Crippen LogP contribution in [0.2, 0.25) is 0 Å². The summed E-state index contributed by atoms with van der Waals surface area (Å²) in [6.45, 7) is 0.287. The monoisotopic (exact) mass is 744 g/mol. The summed E-state index contributed by atoms with van der Waals surface area (Å²) in [7, 11) is 0. The highest BCUT2D eigenvalue weighted by Gasteiger charge is 2.49. The largest absolute Gasteiger partial charge is 0.508 e. The van der Waals surface area contributed by atoms with Crippen molar-refractivity contribution in [3.05, 3.63) is 41.5 Å². The highest BCUT2D eigenvalue weighted by atomic mass is 16.7. The van der Waals surface area contributed by atoms with E-state index in [1.54, 1.807) is 0 Å². The lowest BCUT2D eigenvalue weighted by Crippen LogP contribution is -2.61. The molecule has 0 amide bonds. The number of phenols is 4. The van der Waals surface area contributed by atoms with Gasteiger partial charge in [-0.25, -0.2) is 0 Å². The summed E-state index contributed by atoms with van der Waals surface area (Å²) < 4.78 is 40.5. The predicted molar refractivity (Wildman–Crippen MR) is 168 cm³/mol. The number of aliphatic hydroxyl groups excluding tert-OH is 8. The van der Waals surface area contributed by atoms with Gasteiger partial charge in [0, 0.05) is 30.5 Å². The van der Waals surface area contributed by atoms with Crippen molar-refractivity contribution in [2.75, 3.05) is 13.2 Å². The van der Waals surface area contributed by atoms with E-state index in [1.807, 2.05) is 0 Å².